The van der Waals surface area contributed by atoms with Gasteiger partial charge in [0.05, 0.1) is 17.4 Å². The summed E-state index contributed by atoms with van der Waals surface area (Å²) < 4.78 is 0. The molecule has 2 aliphatic rings. The summed E-state index contributed by atoms with van der Waals surface area (Å²) in [6.45, 7) is 0. The van der Waals surface area contributed by atoms with Gasteiger partial charge in [-0.05, 0) is 67.3 Å². The number of fused-ring (bicyclic) bond motifs is 1. The molecule has 1 heterocycles. The van der Waals surface area contributed by atoms with Crippen LogP contribution in [0.5, 0.6) is 0 Å². The number of rotatable bonds is 3. The van der Waals surface area contributed by atoms with Gasteiger partial charge in [0.15, 0.2) is 0 Å². The van der Waals surface area contributed by atoms with Crippen molar-refractivity contribution in [2.45, 2.75) is 25.3 Å². The van der Waals surface area contributed by atoms with E-state index in [2.05, 4.69) is 23.2 Å². The van der Waals surface area contributed by atoms with Crippen molar-refractivity contribution in [3.8, 4) is 0 Å². The summed E-state index contributed by atoms with van der Waals surface area (Å²) >= 11 is 26.3. The third-order valence-electron chi connectivity index (χ3n) is 6.14. The van der Waals surface area contributed by atoms with Crippen LogP contribution in [0.3, 0.4) is 0 Å². The first-order valence-electron chi connectivity index (χ1n) is 10.6. The molecular formula is C26H20Cl4N2. The van der Waals surface area contributed by atoms with Gasteiger partial charge >= 0.3 is 0 Å². The molecule has 3 aromatic carbocycles. The molecule has 0 radical (unpaired) electrons. The number of para-hydroxylation sites is 1. The minimum absolute atomic E-state index is 0.0842. The van der Waals surface area contributed by atoms with Gasteiger partial charge in [-0.2, -0.15) is 5.10 Å². The first-order chi connectivity index (χ1) is 15.5. The Kier molecular flexibility index (Phi) is 6.22. The van der Waals surface area contributed by atoms with Crippen molar-refractivity contribution in [3.05, 3.63) is 104 Å². The van der Waals surface area contributed by atoms with Crippen molar-refractivity contribution < 1.29 is 0 Å². The van der Waals surface area contributed by atoms with E-state index >= 15 is 0 Å². The Labute approximate surface area is 208 Å². The predicted octanol–water partition coefficient (Wildman–Crippen LogP) is 9.10. The van der Waals surface area contributed by atoms with Gasteiger partial charge < -0.3 is 0 Å². The Hall–Kier alpha value is -1.97. The zero-order chi connectivity index (χ0) is 22.2. The molecule has 1 saturated carbocycles. The summed E-state index contributed by atoms with van der Waals surface area (Å²) in [5.41, 5.74) is 4.96. The van der Waals surface area contributed by atoms with E-state index in [9.17, 15) is 0 Å². The molecule has 3 aromatic rings. The molecule has 1 aliphatic carbocycles. The summed E-state index contributed by atoms with van der Waals surface area (Å²) in [7, 11) is 0. The average molecular weight is 502 g/mol. The molecule has 2 nitrogen and oxygen atoms in total. The number of benzene rings is 3. The minimum atomic E-state index is -0.0842. The number of nitrogens with zero attached hydrogens (tertiary/aromatic N) is 2. The lowest BCUT2D eigenvalue weighted by Gasteiger charge is -2.31. The van der Waals surface area contributed by atoms with Crippen LogP contribution < -0.4 is 5.01 Å². The largest absolute Gasteiger partial charge is 0.257 e. The normalized spacial score (nSPS) is 21.6. The van der Waals surface area contributed by atoms with Crippen molar-refractivity contribution in [1.29, 1.82) is 0 Å². The summed E-state index contributed by atoms with van der Waals surface area (Å²) in [5, 5.41) is 9.79. The lowest BCUT2D eigenvalue weighted by atomic mass is 9.77. The van der Waals surface area contributed by atoms with Gasteiger partial charge in [0.1, 0.15) is 0 Å². The summed E-state index contributed by atoms with van der Waals surface area (Å²) in [6, 6.07) is 21.3. The molecule has 1 aliphatic heterocycles. The first kappa shape index (κ1) is 21.9. The fourth-order valence-electron chi connectivity index (χ4n) is 4.69. The van der Waals surface area contributed by atoms with Crippen molar-refractivity contribution in [2.24, 2.45) is 11.0 Å². The van der Waals surface area contributed by atoms with Crippen LogP contribution in [0, 0.1) is 5.92 Å². The standard InChI is InChI=1S/C26H20Cl4N2/c27-20-11-5-12-21(28)19(20)15-16-7-4-10-18-25(16)31-32(17-8-2-1-3-9-17)26(18)24-22(29)13-6-14-23(24)30/h1-3,5-6,8-9,11-15,18,26H,4,7,10H2/b16-15+/t18-,26+/m1/s1. The zero-order valence-corrected chi connectivity index (χ0v) is 20.1. The lowest BCUT2D eigenvalue weighted by molar-refractivity contribution is 0.488. The lowest BCUT2D eigenvalue weighted by Crippen LogP contribution is -2.28. The highest BCUT2D eigenvalue weighted by molar-refractivity contribution is 6.37. The van der Waals surface area contributed by atoms with Gasteiger partial charge in [0.2, 0.25) is 0 Å². The number of hydrogen-bond donors (Lipinski definition) is 0. The molecule has 0 saturated heterocycles. The molecular weight excluding hydrogens is 482 g/mol. The summed E-state index contributed by atoms with van der Waals surface area (Å²) in [6.07, 6.45) is 5.05. The SMILES string of the molecule is Clc1cccc(Cl)c1/C=C1\CCC[C@@H]2C1=NN(c1ccccc1)[C@@H]2c1c(Cl)cccc1Cl. The molecule has 6 heteroatoms. The zero-order valence-electron chi connectivity index (χ0n) is 17.1. The van der Waals surface area contributed by atoms with E-state index in [-0.39, 0.29) is 12.0 Å². The summed E-state index contributed by atoms with van der Waals surface area (Å²) in [5.74, 6) is 0.161. The van der Waals surface area contributed by atoms with Crippen LogP contribution in [0.1, 0.15) is 36.4 Å². The molecule has 0 unspecified atom stereocenters. The highest BCUT2D eigenvalue weighted by Gasteiger charge is 2.43. The average Bonchev–Trinajstić information content (AvgIpc) is 3.17. The maximum absolute atomic E-state index is 6.69. The van der Waals surface area contributed by atoms with Crippen LogP contribution in [0.25, 0.3) is 6.08 Å². The van der Waals surface area contributed by atoms with Crippen molar-refractivity contribution >= 4 is 63.9 Å². The molecule has 0 spiro atoms. The Balaban J connectivity index is 1.66. The van der Waals surface area contributed by atoms with E-state index in [0.717, 1.165) is 47.4 Å². The highest BCUT2D eigenvalue weighted by Crippen LogP contribution is 2.49. The number of anilines is 1. The topological polar surface area (TPSA) is 15.6 Å². The summed E-state index contributed by atoms with van der Waals surface area (Å²) in [4.78, 5) is 0. The third-order valence-corrected chi connectivity index (χ3v) is 7.45. The van der Waals surface area contributed by atoms with Crippen molar-refractivity contribution in [2.75, 3.05) is 5.01 Å². The van der Waals surface area contributed by atoms with E-state index in [1.807, 2.05) is 54.6 Å². The quantitative estimate of drug-likeness (QED) is 0.349. The molecule has 0 N–H and O–H groups in total. The Bertz CT molecular complexity index is 1180. The van der Waals surface area contributed by atoms with E-state index in [1.165, 1.54) is 0 Å². The van der Waals surface area contributed by atoms with Crippen LogP contribution in [0.15, 0.2) is 77.4 Å². The molecule has 2 atom stereocenters. The van der Waals surface area contributed by atoms with Crippen LogP contribution in [0.2, 0.25) is 20.1 Å². The van der Waals surface area contributed by atoms with Gasteiger partial charge in [-0.3, -0.25) is 5.01 Å². The predicted molar refractivity (Wildman–Crippen MR) is 137 cm³/mol. The van der Waals surface area contributed by atoms with E-state index in [1.54, 1.807) is 0 Å². The van der Waals surface area contributed by atoms with E-state index in [4.69, 9.17) is 51.5 Å². The maximum atomic E-state index is 6.69. The number of hydrazone groups is 1. The number of allylic oxidation sites excluding steroid dienone is 1. The van der Waals surface area contributed by atoms with Crippen LogP contribution in [0.4, 0.5) is 5.69 Å². The van der Waals surface area contributed by atoms with Crippen LogP contribution >= 0.6 is 46.4 Å². The van der Waals surface area contributed by atoms with Gasteiger partial charge in [-0.25, -0.2) is 0 Å². The Morgan fingerprint density at radius 2 is 1.41 bits per heavy atom. The highest BCUT2D eigenvalue weighted by atomic mass is 35.5. The first-order valence-corrected chi connectivity index (χ1v) is 12.1. The second-order valence-electron chi connectivity index (χ2n) is 8.05. The third kappa shape index (κ3) is 3.95. The van der Waals surface area contributed by atoms with Crippen LogP contribution in [-0.4, -0.2) is 5.71 Å². The minimum Gasteiger partial charge on any atom is -0.257 e. The molecule has 32 heavy (non-hydrogen) atoms. The Morgan fingerprint density at radius 1 is 0.781 bits per heavy atom. The molecule has 5 rings (SSSR count). The van der Waals surface area contributed by atoms with Crippen molar-refractivity contribution in [3.63, 3.8) is 0 Å². The number of hydrogen-bond acceptors (Lipinski definition) is 2. The fraction of sp³-hybridized carbons (Fsp3) is 0.192. The molecule has 0 aromatic heterocycles. The Morgan fingerprint density at radius 3 is 2.06 bits per heavy atom. The second-order valence-corrected chi connectivity index (χ2v) is 9.68. The molecule has 1 fully saturated rings. The molecule has 0 bridgehead atoms. The fourth-order valence-corrected chi connectivity index (χ4v) is 5.82. The number of halogens is 4. The smallest absolute Gasteiger partial charge is 0.0888 e. The monoisotopic (exact) mass is 500 g/mol. The van der Waals surface area contributed by atoms with Gasteiger partial charge in [0, 0.05) is 37.1 Å². The van der Waals surface area contributed by atoms with Gasteiger partial charge in [-0.1, -0.05) is 76.7 Å². The maximum Gasteiger partial charge on any atom is 0.0888 e. The van der Waals surface area contributed by atoms with E-state index < -0.39 is 0 Å². The second kappa shape index (κ2) is 9.11. The van der Waals surface area contributed by atoms with Gasteiger partial charge in [-0.15, -0.1) is 0 Å². The van der Waals surface area contributed by atoms with Crippen molar-refractivity contribution in [1.82, 2.24) is 0 Å². The molecule has 162 valence electrons. The van der Waals surface area contributed by atoms with E-state index in [0.29, 0.717) is 20.1 Å². The van der Waals surface area contributed by atoms with Gasteiger partial charge in [0.25, 0.3) is 0 Å². The molecule has 0 amide bonds. The van der Waals surface area contributed by atoms with Crippen LogP contribution in [-0.2, 0) is 0 Å².